The van der Waals surface area contributed by atoms with Crippen molar-refractivity contribution >= 4 is 14.1 Å². The summed E-state index contributed by atoms with van der Waals surface area (Å²) in [6, 6.07) is 0. The molecule has 26 heavy (non-hydrogen) atoms. The predicted molar refractivity (Wildman–Crippen MR) is 101 cm³/mol. The molecule has 2 rings (SSSR count). The van der Waals surface area contributed by atoms with Gasteiger partial charge in [0.15, 0.2) is 14.1 Å². The Kier molecular flexibility index (Phi) is 5.86. The van der Waals surface area contributed by atoms with Crippen molar-refractivity contribution in [2.75, 3.05) is 14.2 Å². The van der Waals surface area contributed by atoms with Gasteiger partial charge in [-0.25, -0.2) is 0 Å². The zero-order chi connectivity index (χ0) is 20.1. The quantitative estimate of drug-likeness (QED) is 0.687. The van der Waals surface area contributed by atoms with Crippen LogP contribution < -0.4 is 0 Å². The summed E-state index contributed by atoms with van der Waals surface area (Å²) >= 11 is 0. The van der Waals surface area contributed by atoms with E-state index in [0.717, 1.165) is 0 Å². The van der Waals surface area contributed by atoms with E-state index in [-0.39, 0.29) is 22.8 Å². The largest absolute Gasteiger partial charge is 0.411 e. The molecule has 0 aromatic carbocycles. The molecule has 1 saturated heterocycles. The molecule has 6 nitrogen and oxygen atoms in total. The smallest absolute Gasteiger partial charge is 0.221 e. The first-order chi connectivity index (χ1) is 11.7. The Labute approximate surface area is 159 Å². The molecule has 0 radical (unpaired) electrons. The number of hydrogen-bond acceptors (Lipinski definition) is 6. The van der Waals surface area contributed by atoms with E-state index in [0.29, 0.717) is 6.42 Å². The molecular weight excluding hydrogens is 352 g/mol. The van der Waals surface area contributed by atoms with Gasteiger partial charge in [0, 0.05) is 20.1 Å². The average molecular weight is 389 g/mol. The van der Waals surface area contributed by atoms with Crippen LogP contribution in [0.15, 0.2) is 0 Å². The maximum Gasteiger partial charge on any atom is 0.221 e. The molecular formula is C19H36O6Si. The van der Waals surface area contributed by atoms with Gasteiger partial charge in [-0.15, -0.1) is 0 Å². The van der Waals surface area contributed by atoms with Crippen LogP contribution in [-0.2, 0) is 28.2 Å². The van der Waals surface area contributed by atoms with Crippen molar-refractivity contribution in [1.82, 2.24) is 0 Å². The Balaban J connectivity index is 2.38. The molecule has 6 atom stereocenters. The molecule has 152 valence electrons. The summed E-state index contributed by atoms with van der Waals surface area (Å²) in [6.07, 6.45) is -0.827. The van der Waals surface area contributed by atoms with Crippen molar-refractivity contribution in [1.29, 1.82) is 0 Å². The highest BCUT2D eigenvalue weighted by molar-refractivity contribution is 6.74. The van der Waals surface area contributed by atoms with Crippen LogP contribution in [0.1, 0.15) is 48.0 Å². The number of rotatable bonds is 4. The van der Waals surface area contributed by atoms with E-state index in [1.54, 1.807) is 21.0 Å². The Morgan fingerprint density at radius 2 is 1.58 bits per heavy atom. The standard InChI is InChI=1S/C19H36O6Si/c1-12-11-13(25-26(9,10)17(2,3)4)15-16(14(12)20)24-19(6,22-8)18(5,21-7)23-15/h12-13,15-16H,11H2,1-10H3/t12?,13-,15-,16-,18-,19-/m1/s1. The number of Topliss-reactive ketones (excluding diaryl/α,β-unsaturated/α-hetero) is 1. The number of carbonyl (C=O) groups is 1. The highest BCUT2D eigenvalue weighted by Crippen LogP contribution is 2.46. The van der Waals surface area contributed by atoms with Crippen molar-refractivity contribution in [2.45, 2.75) is 96.0 Å². The SMILES string of the molecule is CO[C@]1(C)O[C@H]2[C@H](O[C@@]1(C)OC)C(=O)C(C)C[C@H]2O[Si](C)(C)C(C)(C)C. The molecule has 0 amide bonds. The zero-order valence-corrected chi connectivity index (χ0v) is 19.0. The normalized spacial score (nSPS) is 41.8. The molecule has 0 N–H and O–H groups in total. The lowest BCUT2D eigenvalue weighted by molar-refractivity contribution is -0.449. The first-order valence-corrected chi connectivity index (χ1v) is 12.3. The maximum absolute atomic E-state index is 12.8. The molecule has 2 fully saturated rings. The molecule has 1 saturated carbocycles. The van der Waals surface area contributed by atoms with Crippen molar-refractivity contribution in [3.05, 3.63) is 0 Å². The number of hydrogen-bond donors (Lipinski definition) is 0. The number of carbonyl (C=O) groups excluding carboxylic acids is 1. The lowest BCUT2D eigenvalue weighted by atomic mass is 9.81. The summed E-state index contributed by atoms with van der Waals surface area (Å²) in [5.74, 6) is -2.44. The second-order valence-electron chi connectivity index (χ2n) is 9.38. The van der Waals surface area contributed by atoms with E-state index >= 15 is 0 Å². The van der Waals surface area contributed by atoms with E-state index in [1.807, 2.05) is 6.92 Å². The van der Waals surface area contributed by atoms with Gasteiger partial charge in [0.1, 0.15) is 12.2 Å². The molecule has 1 heterocycles. The van der Waals surface area contributed by atoms with E-state index in [9.17, 15) is 4.79 Å². The van der Waals surface area contributed by atoms with Crippen molar-refractivity contribution < 1.29 is 28.2 Å². The Hall–Kier alpha value is -0.313. The lowest BCUT2D eigenvalue weighted by Gasteiger charge is -2.56. The van der Waals surface area contributed by atoms with Gasteiger partial charge in [0.25, 0.3) is 0 Å². The fourth-order valence-corrected chi connectivity index (χ4v) is 4.69. The van der Waals surface area contributed by atoms with Crippen LogP contribution in [-0.4, -0.2) is 58.2 Å². The van der Waals surface area contributed by atoms with E-state index in [2.05, 4.69) is 33.9 Å². The predicted octanol–water partition coefficient (Wildman–Crippen LogP) is 3.49. The molecule has 1 unspecified atom stereocenters. The summed E-state index contributed by atoms with van der Waals surface area (Å²) in [6.45, 7) is 16.5. The van der Waals surface area contributed by atoms with Gasteiger partial charge in [-0.2, -0.15) is 0 Å². The summed E-state index contributed by atoms with van der Waals surface area (Å²) in [5.41, 5.74) is 0. The Bertz CT molecular complexity index is 545. The minimum atomic E-state index is -2.04. The van der Waals surface area contributed by atoms with Crippen LogP contribution >= 0.6 is 0 Å². The fourth-order valence-electron chi connectivity index (χ4n) is 3.35. The lowest BCUT2D eigenvalue weighted by Crippen LogP contribution is -2.71. The van der Waals surface area contributed by atoms with Gasteiger partial charge < -0.3 is 23.4 Å². The van der Waals surface area contributed by atoms with Crippen LogP contribution in [0.4, 0.5) is 0 Å². The van der Waals surface area contributed by atoms with Gasteiger partial charge >= 0.3 is 0 Å². The van der Waals surface area contributed by atoms with Crippen molar-refractivity contribution in [3.63, 3.8) is 0 Å². The number of ketones is 1. The maximum atomic E-state index is 12.8. The van der Waals surface area contributed by atoms with Gasteiger partial charge in [-0.3, -0.25) is 4.79 Å². The third-order valence-electron chi connectivity index (χ3n) is 6.59. The fraction of sp³-hybridized carbons (Fsp3) is 0.947. The van der Waals surface area contributed by atoms with E-state index in [1.165, 1.54) is 7.11 Å². The molecule has 0 spiro atoms. The van der Waals surface area contributed by atoms with Crippen molar-refractivity contribution in [3.8, 4) is 0 Å². The van der Waals surface area contributed by atoms with Crippen LogP contribution in [0.3, 0.4) is 0 Å². The van der Waals surface area contributed by atoms with Gasteiger partial charge in [0.2, 0.25) is 11.6 Å². The van der Waals surface area contributed by atoms with Crippen LogP contribution in [0, 0.1) is 5.92 Å². The number of ether oxygens (including phenoxy) is 4. The minimum Gasteiger partial charge on any atom is -0.411 e. The van der Waals surface area contributed by atoms with Crippen molar-refractivity contribution in [2.24, 2.45) is 5.92 Å². The molecule has 2 aliphatic rings. The van der Waals surface area contributed by atoms with E-state index < -0.39 is 32.1 Å². The third kappa shape index (κ3) is 3.54. The highest BCUT2D eigenvalue weighted by Gasteiger charge is 2.62. The molecule has 1 aliphatic carbocycles. The van der Waals surface area contributed by atoms with Gasteiger partial charge in [-0.1, -0.05) is 27.7 Å². The second kappa shape index (κ2) is 6.94. The molecule has 0 aromatic heterocycles. The summed E-state index contributed by atoms with van der Waals surface area (Å²) in [5, 5.41) is 0.0638. The number of fused-ring (bicyclic) bond motifs is 1. The van der Waals surface area contributed by atoms with Crippen LogP contribution in [0.25, 0.3) is 0 Å². The highest BCUT2D eigenvalue weighted by atomic mass is 28.4. The summed E-state index contributed by atoms with van der Waals surface area (Å²) in [4.78, 5) is 12.8. The van der Waals surface area contributed by atoms with E-state index in [4.69, 9.17) is 23.4 Å². The summed E-state index contributed by atoms with van der Waals surface area (Å²) in [7, 11) is 1.04. The second-order valence-corrected chi connectivity index (χ2v) is 14.1. The van der Waals surface area contributed by atoms with Crippen LogP contribution in [0.2, 0.25) is 18.1 Å². The first kappa shape index (κ1) is 22.0. The zero-order valence-electron chi connectivity index (χ0n) is 18.0. The topological polar surface area (TPSA) is 63.2 Å². The number of methoxy groups -OCH3 is 2. The molecule has 0 aromatic rings. The molecule has 7 heteroatoms. The monoisotopic (exact) mass is 388 g/mol. The summed E-state index contributed by atoms with van der Waals surface area (Å²) < 4.78 is 30.3. The molecule has 1 aliphatic heterocycles. The average Bonchev–Trinajstić information content (AvgIpc) is 2.53. The first-order valence-electron chi connectivity index (χ1n) is 9.39. The third-order valence-corrected chi connectivity index (χ3v) is 11.1. The Morgan fingerprint density at radius 3 is 2.04 bits per heavy atom. The Morgan fingerprint density at radius 1 is 1.08 bits per heavy atom. The molecule has 0 bridgehead atoms. The van der Waals surface area contributed by atoms with Gasteiger partial charge in [-0.05, 0) is 38.4 Å². The minimum absolute atomic E-state index is 0.0338. The van der Waals surface area contributed by atoms with Crippen LogP contribution in [0.5, 0.6) is 0 Å². The van der Waals surface area contributed by atoms with Gasteiger partial charge in [0.05, 0.1) is 6.10 Å².